The number of hydrogen-bond donors (Lipinski definition) is 2. The molecule has 2 heterocycles. The first kappa shape index (κ1) is 25.9. The highest BCUT2D eigenvalue weighted by Gasteiger charge is 2.48. The smallest absolute Gasteiger partial charge is 0.379 e. The van der Waals surface area contributed by atoms with Crippen LogP contribution in [0.25, 0.3) is 11.2 Å². The Balaban J connectivity index is 1.59. The van der Waals surface area contributed by atoms with E-state index in [2.05, 4.69) is 21.5 Å². The van der Waals surface area contributed by atoms with E-state index in [1.165, 1.54) is 17.8 Å². The number of carbonyl (C=O) groups is 1. The molecule has 2 aromatic heterocycles. The third-order valence-corrected chi connectivity index (χ3v) is 8.40. The molecule has 1 fully saturated rings. The van der Waals surface area contributed by atoms with Crippen molar-refractivity contribution in [1.82, 2.24) is 19.5 Å². The number of ketones is 1. The van der Waals surface area contributed by atoms with E-state index in [-0.39, 0.29) is 35.3 Å². The van der Waals surface area contributed by atoms with Gasteiger partial charge in [0.05, 0.1) is 31.2 Å². The molecule has 3 aromatic rings. The maximum atomic E-state index is 15.4. The zero-order valence-electron chi connectivity index (χ0n) is 20.1. The average Bonchev–Trinajstić information content (AvgIpc) is 3.31. The second-order valence-electron chi connectivity index (χ2n) is 9.04. The van der Waals surface area contributed by atoms with Gasteiger partial charge in [0, 0.05) is 11.8 Å². The van der Waals surface area contributed by atoms with E-state index in [0.717, 1.165) is 0 Å². The van der Waals surface area contributed by atoms with E-state index in [1.807, 2.05) is 0 Å². The number of hydrogen-bond acceptors (Lipinski definition) is 8. The van der Waals surface area contributed by atoms with E-state index in [0.29, 0.717) is 11.6 Å². The molecule has 10 nitrogen and oxygen atoms in total. The van der Waals surface area contributed by atoms with Gasteiger partial charge < -0.3 is 19.2 Å². The molecule has 1 aromatic carbocycles. The normalized spacial score (nSPS) is 24.5. The number of nitrogens with zero attached hydrogens (tertiary/aromatic N) is 3. The number of aliphatic hydroxyl groups excluding tert-OH is 1. The lowest BCUT2D eigenvalue weighted by atomic mass is 10.0. The molecular weight excluding hydrogens is 490 g/mol. The highest BCUT2D eigenvalue weighted by molar-refractivity contribution is 7.54. The molecule has 0 spiro atoms. The third kappa shape index (κ3) is 5.04. The Morgan fingerprint density at radius 3 is 2.72 bits per heavy atom. The summed E-state index contributed by atoms with van der Waals surface area (Å²) in [6.45, 7) is 8.21. The molecule has 0 bridgehead atoms. The Morgan fingerprint density at radius 2 is 2.06 bits per heavy atom. The van der Waals surface area contributed by atoms with Crippen LogP contribution in [-0.4, -0.2) is 55.5 Å². The van der Waals surface area contributed by atoms with Crippen LogP contribution in [0, 0.1) is 18.8 Å². The van der Waals surface area contributed by atoms with Crippen LogP contribution in [0.5, 0.6) is 5.75 Å². The first-order valence-electron chi connectivity index (χ1n) is 11.4. The number of aryl methyl sites for hydroxylation is 1. The Kier molecular flexibility index (Phi) is 7.26. The standard InChI is InChI=1S/C24H28FN4O6P/c1-13(15(3)30)11-36(33,35-17-8-6-5-7-9-17)34-10-18-14(2)21(19(25)22(18)31)29-12-26-20-23(29)27-16(4)28-24(20)32/h5-9,12-13,18-19,21-22,31H,2,10-11H2,1,3-4H3,(H,27,28,32)/t13-,18?,19?,21?,22?,36?/m0/s1. The fourth-order valence-electron chi connectivity index (χ4n) is 4.25. The topological polar surface area (TPSA) is 136 Å². The summed E-state index contributed by atoms with van der Waals surface area (Å²) in [7, 11) is -3.88. The summed E-state index contributed by atoms with van der Waals surface area (Å²) in [6.07, 6.45) is -2.25. The molecule has 1 aliphatic carbocycles. The number of para-hydroxylation sites is 1. The van der Waals surface area contributed by atoms with E-state index >= 15 is 4.39 Å². The Hall–Kier alpha value is -3.14. The number of imidazole rings is 1. The van der Waals surface area contributed by atoms with Crippen molar-refractivity contribution in [3.8, 4) is 5.75 Å². The van der Waals surface area contributed by atoms with Gasteiger partial charge in [-0.3, -0.25) is 14.1 Å². The highest BCUT2D eigenvalue weighted by atomic mass is 31.2. The molecule has 192 valence electrons. The number of Topliss-reactive ketones (excluding diaryl/α,β-unsaturated/α-hetero) is 1. The van der Waals surface area contributed by atoms with Crippen LogP contribution in [-0.2, 0) is 13.9 Å². The van der Waals surface area contributed by atoms with E-state index in [9.17, 15) is 19.3 Å². The molecule has 12 heteroatoms. The van der Waals surface area contributed by atoms with Crippen molar-refractivity contribution in [2.75, 3.05) is 12.8 Å². The SMILES string of the molecule is C=C1C(COP(=O)(C[C@H](C)C(C)=O)Oc2ccccc2)C(O)C(F)C1n1cnc2c(=O)[nH]c(C)nc21. The molecule has 2 N–H and O–H groups in total. The Bertz CT molecular complexity index is 1390. The zero-order chi connectivity index (χ0) is 26.2. The summed E-state index contributed by atoms with van der Waals surface area (Å²) in [4.78, 5) is 34.9. The van der Waals surface area contributed by atoms with Crippen LogP contribution in [0.15, 0.2) is 53.6 Å². The van der Waals surface area contributed by atoms with Gasteiger partial charge in [-0.05, 0) is 31.6 Å². The maximum Gasteiger partial charge on any atom is 0.379 e. The van der Waals surface area contributed by atoms with Gasteiger partial charge in [-0.15, -0.1) is 0 Å². The molecule has 0 amide bonds. The molecule has 0 aliphatic heterocycles. The molecule has 6 atom stereocenters. The molecule has 4 rings (SSSR count). The first-order chi connectivity index (χ1) is 17.0. The number of nitrogens with one attached hydrogen (secondary N) is 1. The average molecular weight is 518 g/mol. The van der Waals surface area contributed by atoms with E-state index in [4.69, 9.17) is 9.05 Å². The minimum Gasteiger partial charge on any atom is -0.424 e. The minimum absolute atomic E-state index is 0.0359. The van der Waals surface area contributed by atoms with Crippen molar-refractivity contribution in [3.05, 3.63) is 65.0 Å². The number of rotatable bonds is 9. The Morgan fingerprint density at radius 1 is 1.36 bits per heavy atom. The Labute approximate surface area is 206 Å². The number of alkyl halides is 1. The molecule has 5 unspecified atom stereocenters. The number of aromatic amines is 1. The van der Waals surface area contributed by atoms with Crippen LogP contribution in [0.4, 0.5) is 4.39 Å². The van der Waals surface area contributed by atoms with Crippen molar-refractivity contribution in [2.45, 2.75) is 39.1 Å². The van der Waals surface area contributed by atoms with Crippen molar-refractivity contribution >= 4 is 24.5 Å². The predicted octanol–water partition coefficient (Wildman–Crippen LogP) is 3.37. The molecule has 0 saturated heterocycles. The van der Waals surface area contributed by atoms with Gasteiger partial charge in [0.15, 0.2) is 17.3 Å². The molecule has 0 radical (unpaired) electrons. The van der Waals surface area contributed by atoms with Crippen LogP contribution in [0.2, 0.25) is 0 Å². The van der Waals surface area contributed by atoms with E-state index < -0.39 is 43.3 Å². The highest BCUT2D eigenvalue weighted by Crippen LogP contribution is 2.52. The number of aliphatic hydroxyl groups is 1. The largest absolute Gasteiger partial charge is 0.424 e. The van der Waals surface area contributed by atoms with Gasteiger partial charge in [-0.1, -0.05) is 31.7 Å². The first-order valence-corrected chi connectivity index (χ1v) is 13.2. The second-order valence-corrected chi connectivity index (χ2v) is 11.1. The quantitative estimate of drug-likeness (QED) is 0.325. The summed E-state index contributed by atoms with van der Waals surface area (Å²) in [5.74, 6) is -1.12. The number of halogens is 1. The number of carbonyl (C=O) groups excluding carboxylic acids is 1. The van der Waals surface area contributed by atoms with Crippen molar-refractivity contribution < 1.29 is 27.9 Å². The van der Waals surface area contributed by atoms with Crippen LogP contribution in [0.3, 0.4) is 0 Å². The minimum atomic E-state index is -3.88. The number of H-pyrrole nitrogens is 1. The summed E-state index contributed by atoms with van der Waals surface area (Å²) in [5, 5.41) is 10.7. The van der Waals surface area contributed by atoms with E-state index in [1.54, 1.807) is 44.2 Å². The predicted molar refractivity (Wildman–Crippen MR) is 131 cm³/mol. The van der Waals surface area contributed by atoms with Gasteiger partial charge in [-0.25, -0.2) is 18.9 Å². The lowest BCUT2D eigenvalue weighted by molar-refractivity contribution is -0.119. The summed E-state index contributed by atoms with van der Waals surface area (Å²) >= 11 is 0. The van der Waals surface area contributed by atoms with Crippen molar-refractivity contribution in [3.63, 3.8) is 0 Å². The van der Waals surface area contributed by atoms with Crippen molar-refractivity contribution in [1.29, 1.82) is 0 Å². The number of benzene rings is 1. The van der Waals surface area contributed by atoms with Gasteiger partial charge >= 0.3 is 7.60 Å². The maximum absolute atomic E-state index is 15.4. The van der Waals surface area contributed by atoms with Crippen LogP contribution < -0.4 is 10.1 Å². The summed E-state index contributed by atoms with van der Waals surface area (Å²) in [6, 6.07) is 7.30. The lowest BCUT2D eigenvalue weighted by Gasteiger charge is -2.24. The second kappa shape index (κ2) is 10.1. The molecule has 1 saturated carbocycles. The third-order valence-electron chi connectivity index (χ3n) is 6.38. The van der Waals surface area contributed by atoms with Gasteiger partial charge in [-0.2, -0.15) is 0 Å². The summed E-state index contributed by atoms with van der Waals surface area (Å²) in [5.41, 5.74) is -0.00448. The molecular formula is C24H28FN4O6P. The van der Waals surface area contributed by atoms with Crippen LogP contribution >= 0.6 is 7.60 Å². The van der Waals surface area contributed by atoms with Gasteiger partial charge in [0.25, 0.3) is 5.56 Å². The van der Waals surface area contributed by atoms with Crippen molar-refractivity contribution in [2.24, 2.45) is 11.8 Å². The number of fused-ring (bicyclic) bond motifs is 1. The zero-order valence-corrected chi connectivity index (χ0v) is 21.0. The van der Waals surface area contributed by atoms with Gasteiger partial charge in [0.1, 0.15) is 17.4 Å². The number of aromatic nitrogens is 4. The molecule has 36 heavy (non-hydrogen) atoms. The molecule has 1 aliphatic rings. The lowest BCUT2D eigenvalue weighted by Crippen LogP contribution is -2.28. The fourth-order valence-corrected chi connectivity index (χ4v) is 6.24. The summed E-state index contributed by atoms with van der Waals surface area (Å²) < 4.78 is 41.8. The van der Waals surface area contributed by atoms with Gasteiger partial charge in [0.2, 0.25) is 0 Å². The fraction of sp³-hybridized carbons (Fsp3) is 0.417. The van der Waals surface area contributed by atoms with Crippen LogP contribution in [0.1, 0.15) is 25.7 Å². The monoisotopic (exact) mass is 518 g/mol.